The topological polar surface area (TPSA) is 36.9 Å². The molecule has 0 spiro atoms. The van der Waals surface area contributed by atoms with Gasteiger partial charge in [-0.2, -0.15) is 5.26 Å². The molecule has 1 aromatic rings. The summed E-state index contributed by atoms with van der Waals surface area (Å²) in [5.41, 5.74) is 1.02. The second-order valence-corrected chi connectivity index (χ2v) is 4.60. The van der Waals surface area contributed by atoms with Gasteiger partial charge in [0.2, 0.25) is 0 Å². The molecular formula is C8H7Br2NO. The van der Waals surface area contributed by atoms with Gasteiger partial charge < -0.3 is 4.42 Å². The number of hydrogen-bond donors (Lipinski definition) is 0. The van der Waals surface area contributed by atoms with Crippen LogP contribution in [-0.2, 0) is 6.42 Å². The van der Waals surface area contributed by atoms with E-state index in [-0.39, 0.29) is 0 Å². The molecule has 0 aliphatic rings. The second kappa shape index (κ2) is 4.11. The van der Waals surface area contributed by atoms with Crippen molar-refractivity contribution in [1.82, 2.24) is 0 Å². The van der Waals surface area contributed by atoms with Crippen LogP contribution in [0.4, 0.5) is 0 Å². The molecule has 0 saturated heterocycles. The van der Waals surface area contributed by atoms with E-state index >= 15 is 0 Å². The first-order valence-electron chi connectivity index (χ1n) is 3.37. The van der Waals surface area contributed by atoms with Gasteiger partial charge in [-0.05, 0) is 11.6 Å². The zero-order valence-corrected chi connectivity index (χ0v) is 9.43. The minimum Gasteiger partial charge on any atom is -0.472 e. The summed E-state index contributed by atoms with van der Waals surface area (Å²) in [5, 5.41) is 9.43. The number of furan rings is 1. The van der Waals surface area contributed by atoms with Crippen LogP contribution in [0.5, 0.6) is 0 Å². The van der Waals surface area contributed by atoms with Gasteiger partial charge in [0, 0.05) is 11.8 Å². The molecule has 1 rings (SSSR count). The Bertz CT molecular complexity index is 278. The van der Waals surface area contributed by atoms with Gasteiger partial charge in [0.05, 0.1) is 18.6 Å². The average molecular weight is 293 g/mol. The molecule has 64 valence electrons. The smallest absolute Gasteiger partial charge is 0.126 e. The van der Waals surface area contributed by atoms with Crippen molar-refractivity contribution in [2.24, 2.45) is 0 Å². The Kier molecular flexibility index (Phi) is 3.36. The van der Waals surface area contributed by atoms with Crippen LogP contribution in [0.2, 0.25) is 0 Å². The standard InChI is InChI=1S/C8H7Br2NO/c9-5-8(10,6-11)3-7-1-2-12-4-7/h1-2,4H,3,5H2. The van der Waals surface area contributed by atoms with Gasteiger partial charge in [0.25, 0.3) is 0 Å². The molecule has 0 aliphatic heterocycles. The summed E-state index contributed by atoms with van der Waals surface area (Å²) >= 11 is 6.63. The van der Waals surface area contributed by atoms with Crippen molar-refractivity contribution in [1.29, 1.82) is 5.26 Å². The highest BCUT2D eigenvalue weighted by Crippen LogP contribution is 2.25. The van der Waals surface area contributed by atoms with Crippen molar-refractivity contribution >= 4 is 31.9 Å². The number of alkyl halides is 2. The summed E-state index contributed by atoms with van der Waals surface area (Å²) in [6.45, 7) is 0. The summed E-state index contributed by atoms with van der Waals surface area (Å²) in [6.07, 6.45) is 3.90. The number of rotatable bonds is 3. The number of nitriles is 1. The second-order valence-electron chi connectivity index (χ2n) is 2.52. The maximum Gasteiger partial charge on any atom is 0.126 e. The molecule has 1 atom stereocenters. The Labute approximate surface area is 87.8 Å². The van der Waals surface area contributed by atoms with Crippen LogP contribution in [0.25, 0.3) is 0 Å². The Morgan fingerprint density at radius 3 is 2.83 bits per heavy atom. The van der Waals surface area contributed by atoms with Gasteiger partial charge >= 0.3 is 0 Å². The van der Waals surface area contributed by atoms with Crippen LogP contribution in [0, 0.1) is 11.3 Å². The molecule has 12 heavy (non-hydrogen) atoms. The zero-order chi connectivity index (χ0) is 9.03. The molecule has 4 heteroatoms. The Balaban J connectivity index is 2.68. The summed E-state index contributed by atoms with van der Waals surface area (Å²) in [5.74, 6) is 0. The average Bonchev–Trinajstić information content (AvgIpc) is 2.57. The lowest BCUT2D eigenvalue weighted by molar-refractivity contribution is 0.563. The maximum absolute atomic E-state index is 8.83. The predicted octanol–water partition coefficient (Wildman–Crippen LogP) is 2.87. The minimum atomic E-state index is -0.517. The van der Waals surface area contributed by atoms with Crippen LogP contribution in [0.3, 0.4) is 0 Å². The minimum absolute atomic E-state index is 0.517. The third-order valence-corrected chi connectivity index (χ3v) is 3.92. The molecule has 0 aromatic carbocycles. The third-order valence-electron chi connectivity index (χ3n) is 1.48. The molecular weight excluding hydrogens is 286 g/mol. The molecule has 0 N–H and O–H groups in total. The first kappa shape index (κ1) is 9.82. The van der Waals surface area contributed by atoms with Crippen molar-refractivity contribution in [3.05, 3.63) is 24.2 Å². The van der Waals surface area contributed by atoms with Crippen LogP contribution in [0.1, 0.15) is 5.56 Å². The van der Waals surface area contributed by atoms with E-state index in [0.29, 0.717) is 11.8 Å². The number of halogens is 2. The van der Waals surface area contributed by atoms with E-state index in [2.05, 4.69) is 37.9 Å². The monoisotopic (exact) mass is 291 g/mol. The van der Waals surface area contributed by atoms with Gasteiger partial charge in [-0.15, -0.1) is 0 Å². The summed E-state index contributed by atoms with van der Waals surface area (Å²) in [4.78, 5) is 0. The largest absolute Gasteiger partial charge is 0.472 e. The SMILES string of the molecule is N#CC(Br)(CBr)Cc1ccoc1. The van der Waals surface area contributed by atoms with E-state index in [9.17, 15) is 0 Å². The lowest BCUT2D eigenvalue weighted by Crippen LogP contribution is -2.22. The Morgan fingerprint density at radius 2 is 2.42 bits per heavy atom. The molecule has 0 bridgehead atoms. The van der Waals surface area contributed by atoms with Crippen LogP contribution in [-0.4, -0.2) is 9.65 Å². The van der Waals surface area contributed by atoms with E-state index in [1.54, 1.807) is 12.5 Å². The first-order chi connectivity index (χ1) is 5.70. The van der Waals surface area contributed by atoms with Gasteiger partial charge in [0.1, 0.15) is 4.32 Å². The number of hydrogen-bond acceptors (Lipinski definition) is 2. The summed E-state index contributed by atoms with van der Waals surface area (Å²) in [7, 11) is 0. The molecule has 0 aliphatic carbocycles. The van der Waals surface area contributed by atoms with Gasteiger partial charge in [-0.3, -0.25) is 0 Å². The van der Waals surface area contributed by atoms with Gasteiger partial charge in [-0.25, -0.2) is 0 Å². The van der Waals surface area contributed by atoms with Gasteiger partial charge in [0.15, 0.2) is 0 Å². The van der Waals surface area contributed by atoms with E-state index in [0.717, 1.165) is 5.56 Å². The molecule has 2 nitrogen and oxygen atoms in total. The fourth-order valence-electron chi connectivity index (χ4n) is 0.833. The Hall–Kier alpha value is -0.270. The third kappa shape index (κ3) is 2.36. The fraction of sp³-hybridized carbons (Fsp3) is 0.375. The van der Waals surface area contributed by atoms with E-state index < -0.39 is 4.32 Å². The molecule has 0 amide bonds. The van der Waals surface area contributed by atoms with Gasteiger partial charge in [-0.1, -0.05) is 31.9 Å². The fourth-order valence-corrected chi connectivity index (χ4v) is 1.48. The molecule has 0 fully saturated rings. The number of nitrogens with zero attached hydrogens (tertiary/aromatic N) is 1. The van der Waals surface area contributed by atoms with Crippen LogP contribution >= 0.6 is 31.9 Å². The lowest BCUT2D eigenvalue weighted by Gasteiger charge is -2.13. The molecule has 1 aromatic heterocycles. The highest BCUT2D eigenvalue weighted by molar-refractivity contribution is 9.12. The van der Waals surface area contributed by atoms with Crippen molar-refractivity contribution < 1.29 is 4.42 Å². The molecule has 0 saturated carbocycles. The summed E-state index contributed by atoms with van der Waals surface area (Å²) in [6, 6.07) is 4.05. The lowest BCUT2D eigenvalue weighted by atomic mass is 10.1. The molecule has 1 unspecified atom stereocenters. The summed E-state index contributed by atoms with van der Waals surface area (Å²) < 4.78 is 4.39. The highest BCUT2D eigenvalue weighted by atomic mass is 79.9. The van der Waals surface area contributed by atoms with E-state index in [1.165, 1.54) is 0 Å². The van der Waals surface area contributed by atoms with E-state index in [1.807, 2.05) is 6.07 Å². The van der Waals surface area contributed by atoms with Crippen LogP contribution < -0.4 is 0 Å². The first-order valence-corrected chi connectivity index (χ1v) is 5.29. The maximum atomic E-state index is 8.83. The zero-order valence-electron chi connectivity index (χ0n) is 6.26. The van der Waals surface area contributed by atoms with Crippen molar-refractivity contribution in [3.63, 3.8) is 0 Å². The highest BCUT2D eigenvalue weighted by Gasteiger charge is 2.25. The Morgan fingerprint density at radius 1 is 1.67 bits per heavy atom. The van der Waals surface area contributed by atoms with Crippen molar-refractivity contribution in [2.75, 3.05) is 5.33 Å². The predicted molar refractivity (Wildman–Crippen MR) is 53.5 cm³/mol. The van der Waals surface area contributed by atoms with Crippen LogP contribution in [0.15, 0.2) is 23.0 Å². The quantitative estimate of drug-likeness (QED) is 0.803. The van der Waals surface area contributed by atoms with E-state index in [4.69, 9.17) is 9.68 Å². The molecule has 0 radical (unpaired) electrons. The normalized spacial score (nSPS) is 15.1. The van der Waals surface area contributed by atoms with Crippen molar-refractivity contribution in [3.8, 4) is 6.07 Å². The molecule has 1 heterocycles. The van der Waals surface area contributed by atoms with Crippen molar-refractivity contribution in [2.45, 2.75) is 10.7 Å².